The number of anilines is 2. The zero-order chi connectivity index (χ0) is 58.9. The Morgan fingerprint density at radius 2 is 0.383 bits per heavy atom. The first-order valence-corrected chi connectivity index (χ1v) is 37.2. The minimum atomic E-state index is 1.00. The summed E-state index contributed by atoms with van der Waals surface area (Å²) in [4.78, 5) is 5.84. The van der Waals surface area contributed by atoms with Crippen molar-refractivity contribution in [2.24, 2.45) is 0 Å². The molecule has 0 spiro atoms. The van der Waals surface area contributed by atoms with Crippen LogP contribution in [0.5, 0.6) is 0 Å². The monoisotopic (exact) mass is 1130 g/mol. The van der Waals surface area contributed by atoms with Crippen molar-refractivity contribution in [3.63, 3.8) is 0 Å². The van der Waals surface area contributed by atoms with Gasteiger partial charge in [-0.15, -0.1) is 0 Å². The van der Waals surface area contributed by atoms with Gasteiger partial charge in [-0.1, -0.05) is 312 Å². The quantitative estimate of drug-likeness (QED) is 0.0669. The van der Waals surface area contributed by atoms with Gasteiger partial charge in [0.25, 0.3) is 0 Å². The van der Waals surface area contributed by atoms with Crippen LogP contribution in [-0.2, 0) is 32.1 Å². The number of rotatable bonds is 60. The number of aliphatic hydroxyl groups is 1. The van der Waals surface area contributed by atoms with E-state index in [-0.39, 0.29) is 0 Å². The van der Waals surface area contributed by atoms with Crippen molar-refractivity contribution >= 4 is 11.4 Å². The minimum absolute atomic E-state index is 1.00. The molecule has 0 saturated heterocycles. The molecule has 2 aromatic carbocycles. The lowest BCUT2D eigenvalue weighted by molar-refractivity contribution is 0.399. The van der Waals surface area contributed by atoms with E-state index in [1.165, 1.54) is 360 Å². The Labute approximate surface area is 510 Å². The Morgan fingerprint density at radius 1 is 0.222 bits per heavy atom. The van der Waals surface area contributed by atoms with E-state index in [1.807, 2.05) is 0 Å². The number of nitrogens with zero attached hydrogens (tertiary/aromatic N) is 2. The standard InChI is InChI=1S/C77H142N2.CH4O/c1-9-17-25-33-41-49-57-70-65-74(78(61-53-45-37-29-21-13-5)62-54-46-38-30-22-14-6)66-71(58-50-42-34-26-18-10-2)76(70)69-77-72(59-51-43-35-27-19-11-3)67-75(68-73(77)60-52-44-36-28-20-12-4)79(63-55-47-39-31-23-15-7)64-56-48-40-32-24-16-8;1-2/h65-68H,9-64,69H2,1-8H3;2H,1H3. The molecule has 81 heavy (non-hydrogen) atoms. The number of hydrogen-bond acceptors (Lipinski definition) is 3. The van der Waals surface area contributed by atoms with Crippen LogP contribution >= 0.6 is 0 Å². The first-order chi connectivity index (χ1) is 40.0. The maximum absolute atomic E-state index is 7.00. The van der Waals surface area contributed by atoms with Gasteiger partial charge in [-0.3, -0.25) is 0 Å². The Morgan fingerprint density at radius 3 is 0.568 bits per heavy atom. The first-order valence-electron chi connectivity index (χ1n) is 37.2. The van der Waals surface area contributed by atoms with Crippen LogP contribution in [0.25, 0.3) is 0 Å². The molecule has 0 aromatic heterocycles. The molecule has 0 radical (unpaired) electrons. The fraction of sp³-hybridized carbons (Fsp3) is 0.846. The maximum Gasteiger partial charge on any atom is 0.0371 e. The second-order valence-electron chi connectivity index (χ2n) is 25.8. The van der Waals surface area contributed by atoms with Crippen LogP contribution in [0, 0.1) is 0 Å². The summed E-state index contributed by atoms with van der Waals surface area (Å²) in [7, 11) is 1.00. The summed E-state index contributed by atoms with van der Waals surface area (Å²) in [6, 6.07) is 11.3. The minimum Gasteiger partial charge on any atom is -0.400 e. The van der Waals surface area contributed by atoms with Crippen molar-refractivity contribution in [3.05, 3.63) is 57.6 Å². The highest BCUT2D eigenvalue weighted by Crippen LogP contribution is 2.35. The van der Waals surface area contributed by atoms with Crippen molar-refractivity contribution in [2.75, 3.05) is 43.1 Å². The number of benzene rings is 2. The SMILES string of the molecule is CCCCCCCCc1cc(N(CCCCCCCC)CCCCCCCC)cc(CCCCCCCC)c1Cc1c(CCCCCCCC)cc(N(CCCCCCCC)CCCCCCCC)cc1CCCCCCCC.CO. The fourth-order valence-corrected chi connectivity index (χ4v) is 12.9. The molecule has 0 aliphatic rings. The van der Waals surface area contributed by atoms with Crippen molar-refractivity contribution in [3.8, 4) is 0 Å². The van der Waals surface area contributed by atoms with E-state index in [4.69, 9.17) is 5.11 Å². The topological polar surface area (TPSA) is 26.7 Å². The molecule has 2 aromatic rings. The lowest BCUT2D eigenvalue weighted by Gasteiger charge is -2.30. The van der Waals surface area contributed by atoms with E-state index < -0.39 is 0 Å². The second kappa shape index (κ2) is 58.4. The molecule has 0 heterocycles. The molecule has 0 atom stereocenters. The predicted octanol–water partition coefficient (Wildman–Crippen LogP) is 25.6. The smallest absolute Gasteiger partial charge is 0.0371 e. The number of unbranched alkanes of at least 4 members (excludes halogenated alkanes) is 40. The number of hydrogen-bond donors (Lipinski definition) is 1. The molecular formula is C78H146N2O. The lowest BCUT2D eigenvalue weighted by atomic mass is 9.84. The van der Waals surface area contributed by atoms with Gasteiger partial charge < -0.3 is 14.9 Å². The molecule has 0 aliphatic heterocycles. The van der Waals surface area contributed by atoms with Gasteiger partial charge in [0.2, 0.25) is 0 Å². The van der Waals surface area contributed by atoms with Crippen LogP contribution in [0.2, 0.25) is 0 Å². The van der Waals surface area contributed by atoms with Crippen LogP contribution in [0.3, 0.4) is 0 Å². The fourth-order valence-electron chi connectivity index (χ4n) is 12.9. The summed E-state index contributed by atoms with van der Waals surface area (Å²) >= 11 is 0. The Kier molecular flexibility index (Phi) is 55.5. The van der Waals surface area contributed by atoms with Gasteiger partial charge in [0.05, 0.1) is 0 Å². The Bertz CT molecular complexity index is 1390. The molecule has 0 amide bonds. The Balaban J connectivity index is 0.0000162. The number of aliphatic hydroxyl groups excluding tert-OH is 1. The highest BCUT2D eigenvalue weighted by Gasteiger charge is 2.21. The van der Waals surface area contributed by atoms with E-state index in [9.17, 15) is 0 Å². The second-order valence-corrected chi connectivity index (χ2v) is 25.8. The van der Waals surface area contributed by atoms with Crippen LogP contribution in [0.1, 0.15) is 397 Å². The van der Waals surface area contributed by atoms with Gasteiger partial charge in [-0.05, 0) is 141 Å². The summed E-state index contributed by atoms with van der Waals surface area (Å²) in [6.45, 7) is 23.9. The average Bonchev–Trinajstić information content (AvgIpc) is 3.50. The van der Waals surface area contributed by atoms with Crippen LogP contribution < -0.4 is 9.80 Å². The van der Waals surface area contributed by atoms with Gasteiger partial charge in [0, 0.05) is 44.7 Å². The zero-order valence-corrected chi connectivity index (χ0v) is 57.0. The predicted molar refractivity (Wildman–Crippen MR) is 370 cm³/mol. The van der Waals surface area contributed by atoms with Crippen LogP contribution in [-0.4, -0.2) is 38.4 Å². The van der Waals surface area contributed by atoms with Crippen molar-refractivity contribution < 1.29 is 5.11 Å². The molecule has 3 heteroatoms. The summed E-state index contributed by atoms with van der Waals surface area (Å²) in [6.07, 6.45) is 72.2. The molecule has 0 fully saturated rings. The molecule has 0 saturated carbocycles. The Hall–Kier alpha value is -2.00. The van der Waals surface area contributed by atoms with Crippen LogP contribution in [0.15, 0.2) is 24.3 Å². The van der Waals surface area contributed by atoms with Crippen molar-refractivity contribution in [1.29, 1.82) is 0 Å². The summed E-state index contributed by atoms with van der Waals surface area (Å²) in [5, 5.41) is 7.00. The highest BCUT2D eigenvalue weighted by atomic mass is 16.2. The van der Waals surface area contributed by atoms with Gasteiger partial charge in [-0.25, -0.2) is 0 Å². The van der Waals surface area contributed by atoms with Crippen LogP contribution in [0.4, 0.5) is 11.4 Å². The van der Waals surface area contributed by atoms with E-state index in [0.29, 0.717) is 0 Å². The van der Waals surface area contributed by atoms with E-state index in [2.05, 4.69) is 89.5 Å². The molecule has 3 nitrogen and oxygen atoms in total. The highest BCUT2D eigenvalue weighted by molar-refractivity contribution is 5.59. The molecule has 0 unspecified atom stereocenters. The summed E-state index contributed by atoms with van der Waals surface area (Å²) in [5.41, 5.74) is 13.6. The first kappa shape index (κ1) is 77.0. The molecule has 474 valence electrons. The van der Waals surface area contributed by atoms with Crippen molar-refractivity contribution in [2.45, 2.75) is 396 Å². The maximum atomic E-state index is 7.00. The van der Waals surface area contributed by atoms with E-state index in [1.54, 1.807) is 44.8 Å². The third-order valence-corrected chi connectivity index (χ3v) is 18.2. The van der Waals surface area contributed by atoms with E-state index >= 15 is 0 Å². The van der Waals surface area contributed by atoms with Gasteiger partial charge in [-0.2, -0.15) is 0 Å². The molecule has 2 rings (SSSR count). The largest absolute Gasteiger partial charge is 0.400 e. The average molecular weight is 1130 g/mol. The number of aryl methyl sites for hydroxylation is 4. The van der Waals surface area contributed by atoms with E-state index in [0.717, 1.165) is 13.5 Å². The normalized spacial score (nSPS) is 11.4. The molecular weight excluding hydrogens is 981 g/mol. The lowest BCUT2D eigenvalue weighted by Crippen LogP contribution is -2.27. The van der Waals surface area contributed by atoms with Gasteiger partial charge >= 0.3 is 0 Å². The summed E-state index contributed by atoms with van der Waals surface area (Å²) in [5.74, 6) is 0. The summed E-state index contributed by atoms with van der Waals surface area (Å²) < 4.78 is 0. The molecule has 0 aliphatic carbocycles. The molecule has 1 N–H and O–H groups in total. The molecule has 0 bridgehead atoms. The van der Waals surface area contributed by atoms with Gasteiger partial charge in [0.1, 0.15) is 0 Å². The zero-order valence-electron chi connectivity index (χ0n) is 57.0. The van der Waals surface area contributed by atoms with Gasteiger partial charge in [0.15, 0.2) is 0 Å². The third-order valence-electron chi connectivity index (χ3n) is 18.2. The van der Waals surface area contributed by atoms with Crippen molar-refractivity contribution in [1.82, 2.24) is 0 Å². The third kappa shape index (κ3) is 40.1.